The lowest BCUT2D eigenvalue weighted by molar-refractivity contribution is -0.126. The Bertz CT molecular complexity index is 204. The summed E-state index contributed by atoms with van der Waals surface area (Å²) in [5, 5.41) is 2.46. The number of nitrogens with one attached hydrogen (secondary N) is 1. The SMILES string of the molecule is CCC(C=O)NC(=O)CCC(N)=O. The summed E-state index contributed by atoms with van der Waals surface area (Å²) < 4.78 is 0. The van der Waals surface area contributed by atoms with E-state index in [4.69, 9.17) is 5.73 Å². The van der Waals surface area contributed by atoms with Gasteiger partial charge in [-0.05, 0) is 6.42 Å². The molecule has 74 valence electrons. The number of hydrogen-bond donors (Lipinski definition) is 2. The fourth-order valence-electron chi connectivity index (χ4n) is 0.748. The van der Waals surface area contributed by atoms with Crippen molar-refractivity contribution in [1.82, 2.24) is 5.32 Å². The Morgan fingerprint density at radius 3 is 2.46 bits per heavy atom. The molecular weight excluding hydrogens is 172 g/mol. The first-order valence-corrected chi connectivity index (χ1v) is 4.13. The number of primary amides is 1. The third kappa shape index (κ3) is 5.84. The fourth-order valence-corrected chi connectivity index (χ4v) is 0.748. The average Bonchev–Trinajstić information content (AvgIpc) is 2.10. The van der Waals surface area contributed by atoms with E-state index in [0.29, 0.717) is 12.7 Å². The highest BCUT2D eigenvalue weighted by atomic mass is 16.2. The van der Waals surface area contributed by atoms with E-state index < -0.39 is 11.9 Å². The van der Waals surface area contributed by atoms with Crippen molar-refractivity contribution in [3.05, 3.63) is 0 Å². The van der Waals surface area contributed by atoms with Gasteiger partial charge in [0.25, 0.3) is 0 Å². The Labute approximate surface area is 76.7 Å². The van der Waals surface area contributed by atoms with Gasteiger partial charge in [-0.1, -0.05) is 6.92 Å². The normalized spacial score (nSPS) is 11.8. The zero-order chi connectivity index (χ0) is 10.3. The number of nitrogens with two attached hydrogens (primary N) is 1. The largest absolute Gasteiger partial charge is 0.370 e. The van der Waals surface area contributed by atoms with Gasteiger partial charge < -0.3 is 15.8 Å². The summed E-state index contributed by atoms with van der Waals surface area (Å²) in [4.78, 5) is 31.6. The standard InChI is InChI=1S/C8H14N2O3/c1-2-6(5-11)10-8(13)4-3-7(9)12/h5-6H,2-4H2,1H3,(H2,9,12)(H,10,13). The summed E-state index contributed by atoms with van der Waals surface area (Å²) in [6, 6.07) is -0.458. The average molecular weight is 186 g/mol. The van der Waals surface area contributed by atoms with Gasteiger partial charge in [0.05, 0.1) is 6.04 Å². The van der Waals surface area contributed by atoms with Gasteiger partial charge in [-0.3, -0.25) is 9.59 Å². The Morgan fingerprint density at radius 2 is 2.08 bits per heavy atom. The van der Waals surface area contributed by atoms with Crippen LogP contribution in [0.3, 0.4) is 0 Å². The molecule has 0 saturated carbocycles. The van der Waals surface area contributed by atoms with Crippen molar-refractivity contribution in [2.45, 2.75) is 32.2 Å². The van der Waals surface area contributed by atoms with Crippen molar-refractivity contribution in [3.63, 3.8) is 0 Å². The van der Waals surface area contributed by atoms with Crippen molar-refractivity contribution in [2.24, 2.45) is 5.73 Å². The maximum Gasteiger partial charge on any atom is 0.221 e. The molecule has 0 saturated heterocycles. The van der Waals surface area contributed by atoms with Crippen LogP contribution in [0.5, 0.6) is 0 Å². The Morgan fingerprint density at radius 1 is 1.46 bits per heavy atom. The summed E-state index contributed by atoms with van der Waals surface area (Å²) in [7, 11) is 0. The topological polar surface area (TPSA) is 89.3 Å². The van der Waals surface area contributed by atoms with Crippen molar-refractivity contribution in [1.29, 1.82) is 0 Å². The molecule has 1 atom stereocenters. The lowest BCUT2D eigenvalue weighted by Crippen LogP contribution is -2.35. The molecule has 0 spiro atoms. The van der Waals surface area contributed by atoms with E-state index in [1.54, 1.807) is 6.92 Å². The molecule has 0 fully saturated rings. The minimum Gasteiger partial charge on any atom is -0.370 e. The third-order valence-corrected chi connectivity index (χ3v) is 1.55. The predicted molar refractivity (Wildman–Crippen MR) is 46.7 cm³/mol. The van der Waals surface area contributed by atoms with Gasteiger partial charge in [-0.25, -0.2) is 0 Å². The van der Waals surface area contributed by atoms with E-state index in [9.17, 15) is 14.4 Å². The van der Waals surface area contributed by atoms with Crippen molar-refractivity contribution >= 4 is 18.1 Å². The number of amides is 2. The first-order valence-electron chi connectivity index (χ1n) is 4.13. The van der Waals surface area contributed by atoms with Gasteiger partial charge >= 0.3 is 0 Å². The molecule has 0 heterocycles. The fraction of sp³-hybridized carbons (Fsp3) is 0.625. The second kappa shape index (κ2) is 6.16. The lowest BCUT2D eigenvalue weighted by atomic mass is 10.2. The molecule has 0 aliphatic heterocycles. The molecule has 0 aliphatic rings. The molecule has 2 amide bonds. The highest BCUT2D eigenvalue weighted by Gasteiger charge is 2.09. The van der Waals surface area contributed by atoms with Gasteiger partial charge in [-0.15, -0.1) is 0 Å². The number of aldehydes is 1. The first-order chi connectivity index (χ1) is 6.10. The van der Waals surface area contributed by atoms with Crippen molar-refractivity contribution in [2.75, 3.05) is 0 Å². The number of rotatable bonds is 6. The maximum atomic E-state index is 11.0. The molecule has 3 N–H and O–H groups in total. The maximum absolute atomic E-state index is 11.0. The van der Waals surface area contributed by atoms with Crippen LogP contribution < -0.4 is 11.1 Å². The zero-order valence-electron chi connectivity index (χ0n) is 7.58. The molecular formula is C8H14N2O3. The summed E-state index contributed by atoms with van der Waals surface area (Å²) in [6.07, 6.45) is 1.27. The molecule has 0 aliphatic carbocycles. The van der Waals surface area contributed by atoms with Gasteiger partial charge in [0.1, 0.15) is 6.29 Å². The van der Waals surface area contributed by atoms with E-state index in [-0.39, 0.29) is 18.7 Å². The summed E-state index contributed by atoms with van der Waals surface area (Å²) in [6.45, 7) is 1.79. The van der Waals surface area contributed by atoms with Crippen LogP contribution in [0.4, 0.5) is 0 Å². The second-order valence-electron chi connectivity index (χ2n) is 2.68. The molecule has 0 bridgehead atoms. The highest BCUT2D eigenvalue weighted by Crippen LogP contribution is 1.91. The minimum absolute atomic E-state index is 0.0150. The van der Waals surface area contributed by atoms with E-state index in [2.05, 4.69) is 5.32 Å². The van der Waals surface area contributed by atoms with Gasteiger partial charge in [-0.2, -0.15) is 0 Å². The van der Waals surface area contributed by atoms with E-state index in [1.165, 1.54) is 0 Å². The van der Waals surface area contributed by atoms with E-state index in [1.807, 2.05) is 0 Å². The first kappa shape index (κ1) is 11.6. The smallest absolute Gasteiger partial charge is 0.221 e. The molecule has 0 aromatic heterocycles. The van der Waals surface area contributed by atoms with E-state index in [0.717, 1.165) is 0 Å². The van der Waals surface area contributed by atoms with Crippen LogP contribution >= 0.6 is 0 Å². The van der Waals surface area contributed by atoms with Gasteiger partial charge in [0.2, 0.25) is 11.8 Å². The molecule has 5 nitrogen and oxygen atoms in total. The molecule has 5 heteroatoms. The van der Waals surface area contributed by atoms with Crippen LogP contribution in [0.1, 0.15) is 26.2 Å². The molecule has 0 aromatic rings. The number of carbonyl (C=O) groups is 3. The molecule has 1 unspecified atom stereocenters. The highest BCUT2D eigenvalue weighted by molar-refractivity contribution is 5.84. The van der Waals surface area contributed by atoms with Crippen LogP contribution in [0.2, 0.25) is 0 Å². The van der Waals surface area contributed by atoms with Crippen LogP contribution in [0, 0.1) is 0 Å². The zero-order valence-corrected chi connectivity index (χ0v) is 7.58. The lowest BCUT2D eigenvalue weighted by Gasteiger charge is -2.08. The third-order valence-electron chi connectivity index (χ3n) is 1.55. The van der Waals surface area contributed by atoms with Gasteiger partial charge in [0.15, 0.2) is 0 Å². The monoisotopic (exact) mass is 186 g/mol. The number of hydrogen-bond acceptors (Lipinski definition) is 3. The second-order valence-corrected chi connectivity index (χ2v) is 2.68. The number of carbonyl (C=O) groups excluding carboxylic acids is 3. The molecule has 0 rings (SSSR count). The Kier molecular flexibility index (Phi) is 5.50. The van der Waals surface area contributed by atoms with Crippen LogP contribution in [-0.4, -0.2) is 24.1 Å². The summed E-state index contributed by atoms with van der Waals surface area (Å²) in [5.41, 5.74) is 4.85. The predicted octanol–water partition coefficient (Wildman–Crippen LogP) is -0.654. The quantitative estimate of drug-likeness (QED) is 0.540. The molecule has 13 heavy (non-hydrogen) atoms. The van der Waals surface area contributed by atoms with Crippen LogP contribution in [-0.2, 0) is 14.4 Å². The van der Waals surface area contributed by atoms with Gasteiger partial charge in [0, 0.05) is 12.8 Å². The molecule has 0 radical (unpaired) electrons. The molecule has 0 aromatic carbocycles. The van der Waals surface area contributed by atoms with Crippen LogP contribution in [0.15, 0.2) is 0 Å². The summed E-state index contributed by atoms with van der Waals surface area (Å²) in [5.74, 6) is -0.841. The van der Waals surface area contributed by atoms with Crippen molar-refractivity contribution < 1.29 is 14.4 Å². The summed E-state index contributed by atoms with van der Waals surface area (Å²) >= 11 is 0. The van der Waals surface area contributed by atoms with Crippen molar-refractivity contribution in [3.8, 4) is 0 Å². The van der Waals surface area contributed by atoms with E-state index >= 15 is 0 Å². The van der Waals surface area contributed by atoms with Crippen LogP contribution in [0.25, 0.3) is 0 Å². The minimum atomic E-state index is -0.519. The Hall–Kier alpha value is -1.39. The Balaban J connectivity index is 3.72.